The molecule has 1 nitrogen and oxygen atoms in total. The van der Waals surface area contributed by atoms with E-state index in [1.54, 1.807) is 0 Å². The summed E-state index contributed by atoms with van der Waals surface area (Å²) >= 11 is 5.57. The van der Waals surface area contributed by atoms with Gasteiger partial charge in [-0.05, 0) is 18.9 Å². The van der Waals surface area contributed by atoms with E-state index < -0.39 is 0 Å². The van der Waals surface area contributed by atoms with Crippen molar-refractivity contribution in [2.45, 2.75) is 11.8 Å². The van der Waals surface area contributed by atoms with E-state index in [-0.39, 0.29) is 12.4 Å². The van der Waals surface area contributed by atoms with Gasteiger partial charge in [0.1, 0.15) is 0 Å². The van der Waals surface area contributed by atoms with Crippen LogP contribution >= 0.6 is 24.0 Å². The van der Waals surface area contributed by atoms with Crippen molar-refractivity contribution in [3.8, 4) is 0 Å². The Balaban J connectivity index is 0.000000360. The van der Waals surface area contributed by atoms with Crippen LogP contribution < -0.4 is 5.73 Å². The number of hydrogen-bond donors (Lipinski definition) is 1. The molecule has 1 aliphatic rings. The molecule has 0 aromatic rings. The van der Waals surface area contributed by atoms with Crippen molar-refractivity contribution in [3.05, 3.63) is 0 Å². The lowest BCUT2D eigenvalue weighted by atomic mass is 10.4. The predicted molar refractivity (Wildman–Crippen MR) is 34.1 cm³/mol. The van der Waals surface area contributed by atoms with Crippen molar-refractivity contribution >= 4 is 24.0 Å². The van der Waals surface area contributed by atoms with Gasteiger partial charge in [0.15, 0.2) is 0 Å². The molecule has 2 N–H and O–H groups in total. The first-order chi connectivity index (χ1) is 2.84. The van der Waals surface area contributed by atoms with Crippen LogP contribution in [0, 0.1) is 5.92 Å². The number of alkyl halides is 1. The molecule has 7 heavy (non-hydrogen) atoms. The SMILES string of the molecule is Cl.NCC1CC1Cl. The van der Waals surface area contributed by atoms with Crippen LogP contribution in [0.5, 0.6) is 0 Å². The largest absolute Gasteiger partial charge is 0.330 e. The van der Waals surface area contributed by atoms with Crippen LogP contribution in [0.1, 0.15) is 6.42 Å². The molecular weight excluding hydrogens is 133 g/mol. The first-order valence-electron chi connectivity index (χ1n) is 2.18. The fourth-order valence-corrected chi connectivity index (χ4v) is 0.786. The molecule has 0 amide bonds. The normalized spacial score (nSPS) is 36.9. The standard InChI is InChI=1S/C4H8ClN.ClH/c5-4-1-3(4)2-6;/h3-4H,1-2,6H2;1H. The number of nitrogens with two attached hydrogens (primary N) is 1. The molecule has 3 heteroatoms. The average molecular weight is 142 g/mol. The number of hydrogen-bond acceptors (Lipinski definition) is 1. The molecular formula is C4H9Cl2N. The molecule has 0 aliphatic heterocycles. The molecule has 0 saturated heterocycles. The number of rotatable bonds is 1. The smallest absolute Gasteiger partial charge is 0.0380 e. The zero-order valence-corrected chi connectivity index (χ0v) is 5.50. The van der Waals surface area contributed by atoms with E-state index in [1.807, 2.05) is 0 Å². The maximum atomic E-state index is 5.57. The third kappa shape index (κ3) is 1.85. The Morgan fingerprint density at radius 3 is 2.14 bits per heavy atom. The molecule has 1 rings (SSSR count). The second-order valence-corrected chi connectivity index (χ2v) is 2.31. The van der Waals surface area contributed by atoms with Crippen LogP contribution in [0.25, 0.3) is 0 Å². The summed E-state index contributed by atoms with van der Waals surface area (Å²) in [5, 5.41) is 0.412. The molecule has 1 aliphatic carbocycles. The Hall–Kier alpha value is 0.540. The maximum Gasteiger partial charge on any atom is 0.0380 e. The number of halogens is 2. The highest BCUT2D eigenvalue weighted by atomic mass is 35.5. The van der Waals surface area contributed by atoms with Gasteiger partial charge in [0, 0.05) is 5.38 Å². The van der Waals surface area contributed by atoms with Gasteiger partial charge in [0.25, 0.3) is 0 Å². The molecule has 1 fully saturated rings. The van der Waals surface area contributed by atoms with Crippen molar-refractivity contribution in [3.63, 3.8) is 0 Å². The van der Waals surface area contributed by atoms with Crippen molar-refractivity contribution in [2.24, 2.45) is 11.7 Å². The fraction of sp³-hybridized carbons (Fsp3) is 1.00. The minimum atomic E-state index is 0. The zero-order valence-electron chi connectivity index (χ0n) is 3.93. The van der Waals surface area contributed by atoms with Gasteiger partial charge in [-0.15, -0.1) is 24.0 Å². The molecule has 2 atom stereocenters. The molecule has 0 aromatic carbocycles. The van der Waals surface area contributed by atoms with Crippen molar-refractivity contribution in [1.29, 1.82) is 0 Å². The molecule has 0 aromatic heterocycles. The lowest BCUT2D eigenvalue weighted by Gasteiger charge is -1.78. The van der Waals surface area contributed by atoms with Crippen LogP contribution in [0.15, 0.2) is 0 Å². The highest BCUT2D eigenvalue weighted by Crippen LogP contribution is 2.34. The lowest BCUT2D eigenvalue weighted by molar-refractivity contribution is 0.849. The molecule has 0 spiro atoms. The van der Waals surface area contributed by atoms with Gasteiger partial charge in [0.05, 0.1) is 0 Å². The first-order valence-corrected chi connectivity index (χ1v) is 2.62. The fourth-order valence-electron chi connectivity index (χ4n) is 0.455. The van der Waals surface area contributed by atoms with Gasteiger partial charge >= 0.3 is 0 Å². The minimum Gasteiger partial charge on any atom is -0.330 e. The van der Waals surface area contributed by atoms with E-state index in [9.17, 15) is 0 Å². The highest BCUT2D eigenvalue weighted by molar-refractivity contribution is 6.22. The molecule has 1 saturated carbocycles. The lowest BCUT2D eigenvalue weighted by Crippen LogP contribution is -2.01. The topological polar surface area (TPSA) is 26.0 Å². The van der Waals surface area contributed by atoms with E-state index in [1.165, 1.54) is 0 Å². The molecule has 0 radical (unpaired) electrons. The van der Waals surface area contributed by atoms with Crippen molar-refractivity contribution in [1.82, 2.24) is 0 Å². The monoisotopic (exact) mass is 141 g/mol. The summed E-state index contributed by atoms with van der Waals surface area (Å²) in [4.78, 5) is 0. The molecule has 0 bridgehead atoms. The summed E-state index contributed by atoms with van der Waals surface area (Å²) in [6, 6.07) is 0. The van der Waals surface area contributed by atoms with Gasteiger partial charge in [-0.2, -0.15) is 0 Å². The van der Waals surface area contributed by atoms with E-state index >= 15 is 0 Å². The van der Waals surface area contributed by atoms with Crippen LogP contribution in [-0.4, -0.2) is 11.9 Å². The van der Waals surface area contributed by atoms with Crippen molar-refractivity contribution in [2.75, 3.05) is 6.54 Å². The Kier molecular flexibility index (Phi) is 2.96. The zero-order chi connectivity index (χ0) is 4.57. The Labute approximate surface area is 54.6 Å². The molecule has 44 valence electrons. The summed E-state index contributed by atoms with van der Waals surface area (Å²) in [5.41, 5.74) is 5.24. The summed E-state index contributed by atoms with van der Waals surface area (Å²) in [6.45, 7) is 0.772. The predicted octanol–water partition coefficient (Wildman–Crippen LogP) is 0.994. The van der Waals surface area contributed by atoms with E-state index in [2.05, 4.69) is 0 Å². The van der Waals surface area contributed by atoms with Gasteiger partial charge in [-0.3, -0.25) is 0 Å². The van der Waals surface area contributed by atoms with Gasteiger partial charge in [-0.25, -0.2) is 0 Å². The Morgan fingerprint density at radius 1 is 1.71 bits per heavy atom. The van der Waals surface area contributed by atoms with Gasteiger partial charge in [-0.1, -0.05) is 0 Å². The third-order valence-electron chi connectivity index (χ3n) is 1.14. The Morgan fingerprint density at radius 2 is 2.14 bits per heavy atom. The van der Waals surface area contributed by atoms with Crippen molar-refractivity contribution < 1.29 is 0 Å². The molecule has 2 unspecified atom stereocenters. The first kappa shape index (κ1) is 7.54. The average Bonchev–Trinajstić information content (AvgIpc) is 2.19. The van der Waals surface area contributed by atoms with E-state index in [0.29, 0.717) is 11.3 Å². The van der Waals surface area contributed by atoms with Gasteiger partial charge in [0.2, 0.25) is 0 Å². The third-order valence-corrected chi connectivity index (χ3v) is 1.67. The van der Waals surface area contributed by atoms with Crippen LogP contribution in [0.3, 0.4) is 0 Å². The Bertz CT molecular complexity index is 55.7. The van der Waals surface area contributed by atoms with Crippen LogP contribution in [0.4, 0.5) is 0 Å². The summed E-state index contributed by atoms with van der Waals surface area (Å²) in [7, 11) is 0. The van der Waals surface area contributed by atoms with E-state index in [4.69, 9.17) is 17.3 Å². The second-order valence-electron chi connectivity index (χ2n) is 1.75. The van der Waals surface area contributed by atoms with Crippen LogP contribution in [0.2, 0.25) is 0 Å². The van der Waals surface area contributed by atoms with E-state index in [0.717, 1.165) is 13.0 Å². The van der Waals surface area contributed by atoms with Gasteiger partial charge < -0.3 is 5.73 Å². The molecule has 0 heterocycles. The second kappa shape index (κ2) is 2.75. The summed E-state index contributed by atoms with van der Waals surface area (Å²) in [5.74, 6) is 0.645. The quantitative estimate of drug-likeness (QED) is 0.543. The minimum absolute atomic E-state index is 0. The highest BCUT2D eigenvalue weighted by Gasteiger charge is 2.33. The van der Waals surface area contributed by atoms with Crippen LogP contribution in [-0.2, 0) is 0 Å². The summed E-state index contributed by atoms with van der Waals surface area (Å²) in [6.07, 6.45) is 1.14. The maximum absolute atomic E-state index is 5.57. The summed E-state index contributed by atoms with van der Waals surface area (Å²) < 4.78 is 0.